The van der Waals surface area contributed by atoms with Crippen LogP contribution in [0.1, 0.15) is 41.3 Å². The average Bonchev–Trinajstić information content (AvgIpc) is 2.93. The van der Waals surface area contributed by atoms with Crippen LogP contribution in [-0.4, -0.2) is 21.3 Å². The molecule has 4 nitrogen and oxygen atoms in total. The third-order valence-electron chi connectivity index (χ3n) is 3.15. The fourth-order valence-electron chi connectivity index (χ4n) is 2.19. The molecule has 2 aromatic rings. The Labute approximate surface area is 112 Å². The number of nitrogens with one attached hydrogen (secondary N) is 1. The third kappa shape index (κ3) is 2.47. The van der Waals surface area contributed by atoms with Gasteiger partial charge in [0.2, 0.25) is 0 Å². The lowest BCUT2D eigenvalue weighted by atomic mass is 10.1. The molecule has 0 saturated heterocycles. The molecule has 0 fully saturated rings. The minimum atomic E-state index is 0.165. The summed E-state index contributed by atoms with van der Waals surface area (Å²) in [6.45, 7) is 7.34. The summed E-state index contributed by atoms with van der Waals surface area (Å²) in [5.74, 6) is 0. The summed E-state index contributed by atoms with van der Waals surface area (Å²) in [5, 5.41) is 11.2. The molecule has 0 spiro atoms. The highest BCUT2D eigenvalue weighted by atomic mass is 32.1. The minimum absolute atomic E-state index is 0.165. The number of hydrogen-bond donors (Lipinski definition) is 1. The van der Waals surface area contributed by atoms with Crippen molar-refractivity contribution in [2.45, 2.75) is 33.2 Å². The normalized spacial score (nSPS) is 12.9. The predicted octanol–water partition coefficient (Wildman–Crippen LogP) is 2.58. The standard InChI is InChI=1S/C13H20N4S/c1-5-6-14-12(13-15-7-8-18-13)11-9(2)16-17(4)10(11)3/h7-8,12,14H,5-6H2,1-4H3. The maximum Gasteiger partial charge on any atom is 0.114 e. The second kappa shape index (κ2) is 5.63. The molecule has 0 saturated carbocycles. The lowest BCUT2D eigenvalue weighted by Crippen LogP contribution is -2.24. The highest BCUT2D eigenvalue weighted by Crippen LogP contribution is 2.28. The zero-order valence-corrected chi connectivity index (χ0v) is 12.2. The van der Waals surface area contributed by atoms with Crippen molar-refractivity contribution in [1.82, 2.24) is 20.1 Å². The Bertz CT molecular complexity index is 501. The first-order valence-corrected chi connectivity index (χ1v) is 7.16. The van der Waals surface area contributed by atoms with Crippen LogP contribution in [0.4, 0.5) is 0 Å². The molecule has 1 atom stereocenters. The molecule has 1 unspecified atom stereocenters. The average molecular weight is 264 g/mol. The van der Waals surface area contributed by atoms with Crippen molar-refractivity contribution in [1.29, 1.82) is 0 Å². The molecule has 5 heteroatoms. The molecule has 1 N–H and O–H groups in total. The van der Waals surface area contributed by atoms with E-state index in [0.717, 1.165) is 23.7 Å². The van der Waals surface area contributed by atoms with Crippen LogP contribution in [0.5, 0.6) is 0 Å². The lowest BCUT2D eigenvalue weighted by Gasteiger charge is -2.17. The molecule has 0 aromatic carbocycles. The summed E-state index contributed by atoms with van der Waals surface area (Å²) in [4.78, 5) is 4.46. The SMILES string of the molecule is CCCNC(c1nccs1)c1c(C)nn(C)c1C. The second-order valence-electron chi connectivity index (χ2n) is 4.47. The van der Waals surface area contributed by atoms with Gasteiger partial charge in [-0.2, -0.15) is 5.10 Å². The maximum atomic E-state index is 4.50. The zero-order chi connectivity index (χ0) is 13.1. The molecule has 0 aliphatic heterocycles. The Hall–Kier alpha value is -1.20. The predicted molar refractivity (Wildman–Crippen MR) is 74.9 cm³/mol. The van der Waals surface area contributed by atoms with Gasteiger partial charge in [-0.05, 0) is 26.8 Å². The minimum Gasteiger partial charge on any atom is -0.304 e. The Morgan fingerprint density at radius 3 is 2.72 bits per heavy atom. The zero-order valence-electron chi connectivity index (χ0n) is 11.4. The lowest BCUT2D eigenvalue weighted by molar-refractivity contribution is 0.590. The van der Waals surface area contributed by atoms with Crippen LogP contribution in [0, 0.1) is 13.8 Å². The summed E-state index contributed by atoms with van der Waals surface area (Å²) < 4.78 is 1.94. The van der Waals surface area contributed by atoms with Crippen molar-refractivity contribution in [2.24, 2.45) is 7.05 Å². The van der Waals surface area contributed by atoms with Crippen molar-refractivity contribution in [3.63, 3.8) is 0 Å². The van der Waals surface area contributed by atoms with Gasteiger partial charge in [-0.3, -0.25) is 4.68 Å². The van der Waals surface area contributed by atoms with Crippen molar-refractivity contribution < 1.29 is 0 Å². The molecule has 0 amide bonds. The molecule has 2 heterocycles. The van der Waals surface area contributed by atoms with E-state index in [0.29, 0.717) is 0 Å². The monoisotopic (exact) mass is 264 g/mol. The molecule has 2 aromatic heterocycles. The van der Waals surface area contributed by atoms with Gasteiger partial charge in [0.15, 0.2) is 0 Å². The van der Waals surface area contributed by atoms with E-state index >= 15 is 0 Å². The quantitative estimate of drug-likeness (QED) is 0.902. The second-order valence-corrected chi connectivity index (χ2v) is 5.39. The van der Waals surface area contributed by atoms with Crippen molar-refractivity contribution in [3.8, 4) is 0 Å². The fraction of sp³-hybridized carbons (Fsp3) is 0.538. The Kier molecular flexibility index (Phi) is 4.14. The van der Waals surface area contributed by atoms with Crippen LogP contribution in [0.2, 0.25) is 0 Å². The van der Waals surface area contributed by atoms with E-state index in [9.17, 15) is 0 Å². The van der Waals surface area contributed by atoms with Crippen LogP contribution < -0.4 is 5.32 Å². The molecule has 0 aliphatic rings. The van der Waals surface area contributed by atoms with Gasteiger partial charge in [0.25, 0.3) is 0 Å². The molecule has 0 bridgehead atoms. The van der Waals surface area contributed by atoms with Gasteiger partial charge in [0.1, 0.15) is 5.01 Å². The van der Waals surface area contributed by atoms with E-state index in [1.165, 1.54) is 11.3 Å². The van der Waals surface area contributed by atoms with Gasteiger partial charge in [0.05, 0.1) is 11.7 Å². The summed E-state index contributed by atoms with van der Waals surface area (Å²) in [7, 11) is 1.99. The van der Waals surface area contributed by atoms with Crippen LogP contribution in [0.15, 0.2) is 11.6 Å². The van der Waals surface area contributed by atoms with Gasteiger partial charge in [0, 0.05) is 29.9 Å². The Morgan fingerprint density at radius 1 is 1.44 bits per heavy atom. The van der Waals surface area contributed by atoms with Gasteiger partial charge < -0.3 is 5.32 Å². The summed E-state index contributed by atoms with van der Waals surface area (Å²) in [6.07, 6.45) is 2.97. The van der Waals surface area contributed by atoms with Crippen LogP contribution in [-0.2, 0) is 7.05 Å². The van der Waals surface area contributed by atoms with E-state index in [1.807, 2.05) is 23.3 Å². The molecule has 0 aliphatic carbocycles. The van der Waals surface area contributed by atoms with Crippen molar-refractivity contribution >= 4 is 11.3 Å². The van der Waals surface area contributed by atoms with Crippen molar-refractivity contribution in [2.75, 3.05) is 6.54 Å². The van der Waals surface area contributed by atoms with Crippen molar-refractivity contribution in [3.05, 3.63) is 33.5 Å². The molecule has 98 valence electrons. The van der Waals surface area contributed by atoms with E-state index in [2.05, 4.69) is 36.2 Å². The van der Waals surface area contributed by atoms with Gasteiger partial charge in [-0.15, -0.1) is 11.3 Å². The molecular weight excluding hydrogens is 244 g/mol. The first kappa shape index (κ1) is 13.2. The van der Waals surface area contributed by atoms with E-state index in [1.54, 1.807) is 11.3 Å². The summed E-state index contributed by atoms with van der Waals surface area (Å²) >= 11 is 1.69. The number of thiazole rings is 1. The molecule has 2 rings (SSSR count). The smallest absolute Gasteiger partial charge is 0.114 e. The number of rotatable bonds is 5. The fourth-order valence-corrected chi connectivity index (χ4v) is 2.91. The Morgan fingerprint density at radius 2 is 2.22 bits per heavy atom. The Balaban J connectivity index is 2.40. The first-order chi connectivity index (χ1) is 8.65. The summed E-state index contributed by atoms with van der Waals surface area (Å²) in [6, 6.07) is 0.165. The molecular formula is C13H20N4S. The van der Waals surface area contributed by atoms with E-state index < -0.39 is 0 Å². The van der Waals surface area contributed by atoms with Crippen LogP contribution >= 0.6 is 11.3 Å². The van der Waals surface area contributed by atoms with Crippen LogP contribution in [0.25, 0.3) is 0 Å². The highest BCUT2D eigenvalue weighted by molar-refractivity contribution is 7.09. The molecule has 18 heavy (non-hydrogen) atoms. The van der Waals surface area contributed by atoms with E-state index in [-0.39, 0.29) is 6.04 Å². The number of aromatic nitrogens is 3. The van der Waals surface area contributed by atoms with E-state index in [4.69, 9.17) is 0 Å². The van der Waals surface area contributed by atoms with Gasteiger partial charge in [-0.1, -0.05) is 6.92 Å². The molecule has 0 radical (unpaired) electrons. The number of hydrogen-bond acceptors (Lipinski definition) is 4. The summed E-state index contributed by atoms with van der Waals surface area (Å²) in [5.41, 5.74) is 3.55. The first-order valence-electron chi connectivity index (χ1n) is 6.28. The number of nitrogens with zero attached hydrogens (tertiary/aromatic N) is 3. The maximum absolute atomic E-state index is 4.50. The largest absolute Gasteiger partial charge is 0.304 e. The topological polar surface area (TPSA) is 42.7 Å². The van der Waals surface area contributed by atoms with Crippen LogP contribution in [0.3, 0.4) is 0 Å². The van der Waals surface area contributed by atoms with Gasteiger partial charge >= 0.3 is 0 Å². The van der Waals surface area contributed by atoms with Gasteiger partial charge in [-0.25, -0.2) is 4.98 Å². The number of aryl methyl sites for hydroxylation is 2. The third-order valence-corrected chi connectivity index (χ3v) is 3.99. The highest BCUT2D eigenvalue weighted by Gasteiger charge is 2.23.